The molecule has 0 bridgehead atoms. The van der Waals surface area contributed by atoms with Gasteiger partial charge in [-0.1, -0.05) is 24.0 Å². The Kier molecular flexibility index (Phi) is 10.6. The largest absolute Gasteiger partial charge is 0.508 e. The van der Waals surface area contributed by atoms with Crippen LogP contribution in [0.1, 0.15) is 40.6 Å². The number of rotatable bonds is 11. The zero-order valence-electron chi connectivity index (χ0n) is 25.6. The molecule has 0 aliphatic carbocycles. The Morgan fingerprint density at radius 1 is 1.21 bits per heavy atom. The summed E-state index contributed by atoms with van der Waals surface area (Å²) in [6, 6.07) is 7.33. The number of likely N-dealkylation sites (tertiary alicyclic amines) is 1. The molecule has 3 heterocycles. The van der Waals surface area contributed by atoms with Crippen molar-refractivity contribution in [2.75, 3.05) is 50.5 Å². The first kappa shape index (κ1) is 34.1. The Morgan fingerprint density at radius 3 is 2.64 bits per heavy atom. The minimum absolute atomic E-state index is 0.135. The van der Waals surface area contributed by atoms with Gasteiger partial charge in [-0.25, -0.2) is 18.0 Å². The second kappa shape index (κ2) is 14.6. The standard InChI is InChI=1S/C32H33F5N4O5S/c1-32(36,37)15-22-20-5-3-6-24(40-18-8-11-41(12-9-18)16-19-17-44-31(43)45-19)28(20)47-27(22)7-4-10-39-25-14-23(33)21(29(42)38-2)13-26(25)46-30(34)35/h3,5-6,13-14,18-19,30,39-40H,8-12,15-17H2,1-2H3,(H,38,42). The summed E-state index contributed by atoms with van der Waals surface area (Å²) in [6.45, 7) is -0.143. The topological polar surface area (TPSA) is 101 Å². The molecule has 3 aromatic rings. The SMILES string of the molecule is CNC(=O)c1cc(OC(F)F)c(NCC#Cc2sc3c(NC4CCN(CC5COC(=O)O5)CC4)cccc3c2CC(C)(F)F)cc1F. The molecule has 9 nitrogen and oxygen atoms in total. The normalized spacial score (nSPS) is 17.2. The van der Waals surface area contributed by atoms with E-state index >= 15 is 0 Å². The molecule has 252 valence electrons. The molecular weight excluding hydrogens is 647 g/mol. The number of thiophene rings is 1. The highest BCUT2D eigenvalue weighted by Gasteiger charge is 2.30. The van der Waals surface area contributed by atoms with E-state index in [9.17, 15) is 31.5 Å². The number of amides is 1. The van der Waals surface area contributed by atoms with Crippen molar-refractivity contribution >= 4 is 44.9 Å². The molecule has 0 spiro atoms. The van der Waals surface area contributed by atoms with Crippen molar-refractivity contribution in [3.05, 3.63) is 52.2 Å². The number of piperidine rings is 1. The predicted molar refractivity (Wildman–Crippen MR) is 167 cm³/mol. The summed E-state index contributed by atoms with van der Waals surface area (Å²) in [4.78, 5) is 25.8. The lowest BCUT2D eigenvalue weighted by atomic mass is 10.0. The van der Waals surface area contributed by atoms with Crippen molar-refractivity contribution in [2.24, 2.45) is 0 Å². The summed E-state index contributed by atoms with van der Waals surface area (Å²) < 4.78 is 84.5. The molecule has 1 atom stereocenters. The lowest BCUT2D eigenvalue weighted by Gasteiger charge is -2.33. The first-order valence-electron chi connectivity index (χ1n) is 14.9. The molecule has 15 heteroatoms. The molecule has 0 saturated carbocycles. The van der Waals surface area contributed by atoms with E-state index in [2.05, 4.69) is 37.4 Å². The smallest absolute Gasteiger partial charge is 0.433 e. The predicted octanol–water partition coefficient (Wildman–Crippen LogP) is 6.07. The quantitative estimate of drug-likeness (QED) is 0.128. The number of halogens is 5. The maximum Gasteiger partial charge on any atom is 0.508 e. The molecule has 5 rings (SSSR count). The number of hydrogen-bond acceptors (Lipinski definition) is 9. The van der Waals surface area contributed by atoms with Crippen LogP contribution < -0.4 is 20.7 Å². The van der Waals surface area contributed by atoms with Crippen molar-refractivity contribution in [3.63, 3.8) is 0 Å². The van der Waals surface area contributed by atoms with Crippen molar-refractivity contribution in [1.82, 2.24) is 10.2 Å². The first-order valence-corrected chi connectivity index (χ1v) is 15.7. The van der Waals surface area contributed by atoms with Crippen LogP contribution in [0.4, 0.5) is 38.1 Å². The molecule has 2 fully saturated rings. The van der Waals surface area contributed by atoms with Crippen molar-refractivity contribution in [2.45, 2.75) is 50.9 Å². The summed E-state index contributed by atoms with van der Waals surface area (Å²) in [5, 5.41) is 9.16. The third-order valence-corrected chi connectivity index (χ3v) is 8.89. The minimum Gasteiger partial charge on any atom is -0.433 e. The molecular formula is C32H33F5N4O5S. The fraction of sp³-hybridized carbons (Fsp3) is 0.438. The Morgan fingerprint density at radius 2 is 1.98 bits per heavy atom. The van der Waals surface area contributed by atoms with Crippen molar-refractivity contribution in [3.8, 4) is 17.6 Å². The van der Waals surface area contributed by atoms with Gasteiger partial charge in [0.2, 0.25) is 5.92 Å². The fourth-order valence-corrected chi connectivity index (χ4v) is 6.72. The van der Waals surface area contributed by atoms with Gasteiger partial charge in [-0.3, -0.25) is 9.69 Å². The summed E-state index contributed by atoms with van der Waals surface area (Å²) >= 11 is 1.27. The number of carbonyl (C=O) groups is 2. The van der Waals surface area contributed by atoms with Gasteiger partial charge in [-0.15, -0.1) is 11.3 Å². The molecule has 47 heavy (non-hydrogen) atoms. The van der Waals surface area contributed by atoms with Crippen molar-refractivity contribution in [1.29, 1.82) is 0 Å². The second-order valence-corrected chi connectivity index (χ2v) is 12.3. The van der Waals surface area contributed by atoms with Crippen LogP contribution >= 0.6 is 11.3 Å². The highest BCUT2D eigenvalue weighted by Crippen LogP contribution is 2.39. The number of alkyl halides is 4. The number of cyclic esters (lactones) is 2. The van der Waals surface area contributed by atoms with Crippen LogP contribution in [0.25, 0.3) is 10.1 Å². The summed E-state index contributed by atoms with van der Waals surface area (Å²) in [5.74, 6) is 0.505. The first-order chi connectivity index (χ1) is 22.4. The maximum atomic E-state index is 14.5. The average Bonchev–Trinajstić information content (AvgIpc) is 3.58. The van der Waals surface area contributed by atoms with Gasteiger partial charge < -0.3 is 30.2 Å². The Hall–Kier alpha value is -4.29. The van der Waals surface area contributed by atoms with Crippen LogP contribution in [0.3, 0.4) is 0 Å². The molecule has 2 aromatic carbocycles. The zero-order valence-corrected chi connectivity index (χ0v) is 26.4. The van der Waals surface area contributed by atoms with Crippen LogP contribution in [0.15, 0.2) is 30.3 Å². The number of benzene rings is 2. The number of anilines is 2. The van der Waals surface area contributed by atoms with E-state index in [4.69, 9.17) is 9.47 Å². The van der Waals surface area contributed by atoms with Gasteiger partial charge in [0.25, 0.3) is 5.91 Å². The monoisotopic (exact) mass is 680 g/mol. The number of ether oxygens (including phenoxy) is 3. The van der Waals surface area contributed by atoms with Gasteiger partial charge in [-0.2, -0.15) is 8.78 Å². The lowest BCUT2D eigenvalue weighted by Crippen LogP contribution is -2.43. The molecule has 1 unspecified atom stereocenters. The highest BCUT2D eigenvalue weighted by atomic mass is 32.1. The Bertz CT molecular complexity index is 1680. The van der Waals surface area contributed by atoms with Crippen LogP contribution in [-0.4, -0.2) is 81.5 Å². The van der Waals surface area contributed by atoms with Gasteiger partial charge in [0, 0.05) is 45.2 Å². The van der Waals surface area contributed by atoms with E-state index in [1.807, 2.05) is 6.07 Å². The van der Waals surface area contributed by atoms with E-state index in [1.54, 1.807) is 12.1 Å². The number of carbonyl (C=O) groups excluding carboxylic acids is 2. The number of nitrogens with zero attached hydrogens (tertiary/aromatic N) is 1. The minimum atomic E-state index is -3.23. The van der Waals surface area contributed by atoms with E-state index in [1.165, 1.54) is 18.4 Å². The molecule has 2 aliphatic heterocycles. The zero-order chi connectivity index (χ0) is 33.7. The van der Waals surface area contributed by atoms with Crippen LogP contribution in [0.2, 0.25) is 0 Å². The third kappa shape index (κ3) is 8.75. The van der Waals surface area contributed by atoms with Crippen LogP contribution in [0.5, 0.6) is 5.75 Å². The third-order valence-electron chi connectivity index (χ3n) is 7.69. The lowest BCUT2D eigenvalue weighted by molar-refractivity contribution is -0.0494. The second-order valence-electron chi connectivity index (χ2n) is 11.3. The fourth-order valence-electron chi connectivity index (χ4n) is 5.55. The highest BCUT2D eigenvalue weighted by molar-refractivity contribution is 7.20. The summed E-state index contributed by atoms with van der Waals surface area (Å²) in [7, 11) is 1.27. The van der Waals surface area contributed by atoms with E-state index in [-0.39, 0.29) is 31.0 Å². The van der Waals surface area contributed by atoms with E-state index in [0.29, 0.717) is 22.4 Å². The van der Waals surface area contributed by atoms with E-state index < -0.39 is 48.1 Å². The Balaban J connectivity index is 1.32. The van der Waals surface area contributed by atoms with Crippen LogP contribution in [0, 0.1) is 17.7 Å². The average molecular weight is 681 g/mol. The van der Waals surface area contributed by atoms with Gasteiger partial charge in [0.05, 0.1) is 33.1 Å². The van der Waals surface area contributed by atoms with Crippen LogP contribution in [-0.2, 0) is 15.9 Å². The van der Waals surface area contributed by atoms with Gasteiger partial charge in [0.15, 0.2) is 6.10 Å². The van der Waals surface area contributed by atoms with Gasteiger partial charge >= 0.3 is 12.8 Å². The molecule has 1 aromatic heterocycles. The molecule has 2 aliphatic rings. The van der Waals surface area contributed by atoms with Crippen molar-refractivity contribution < 1.29 is 45.8 Å². The molecule has 2 saturated heterocycles. The molecule has 3 N–H and O–H groups in total. The number of fused-ring (bicyclic) bond motifs is 1. The molecule has 1 amide bonds. The Labute approximate surface area is 271 Å². The molecule has 0 radical (unpaired) electrons. The number of nitrogens with one attached hydrogen (secondary N) is 3. The number of hydrogen-bond donors (Lipinski definition) is 3. The summed E-state index contributed by atoms with van der Waals surface area (Å²) in [5.41, 5.74) is 0.559. The van der Waals surface area contributed by atoms with E-state index in [0.717, 1.165) is 55.4 Å². The summed E-state index contributed by atoms with van der Waals surface area (Å²) in [6.07, 6.45) is 0.182. The maximum absolute atomic E-state index is 14.5. The van der Waals surface area contributed by atoms with Gasteiger partial charge in [-0.05, 0) is 42.8 Å². The van der Waals surface area contributed by atoms with Gasteiger partial charge in [0.1, 0.15) is 18.2 Å².